The summed E-state index contributed by atoms with van der Waals surface area (Å²) in [6.07, 6.45) is 0.940. The Hall–Kier alpha value is -0.360. The van der Waals surface area contributed by atoms with Crippen LogP contribution >= 0.6 is 36.2 Å². The molecule has 1 amide bonds. The van der Waals surface area contributed by atoms with Crippen LogP contribution in [0.1, 0.15) is 36.3 Å². The molecule has 0 saturated heterocycles. The fourth-order valence-electron chi connectivity index (χ4n) is 1.39. The molecule has 1 rings (SSSR count). The van der Waals surface area contributed by atoms with Crippen molar-refractivity contribution < 1.29 is 4.79 Å². The lowest BCUT2D eigenvalue weighted by molar-refractivity contribution is 0.0949. The van der Waals surface area contributed by atoms with Gasteiger partial charge in [-0.25, -0.2) is 4.98 Å². The number of hydrogen-bond donors (Lipinski definition) is 2. The van der Waals surface area contributed by atoms with E-state index in [1.807, 2.05) is 12.3 Å². The van der Waals surface area contributed by atoms with Crippen LogP contribution in [0.15, 0.2) is 5.38 Å². The maximum absolute atomic E-state index is 11.7. The normalized spacial score (nSPS) is 9.68. The highest BCUT2D eigenvalue weighted by molar-refractivity contribution is 7.09. The number of nitrogens with zero attached hydrogens (tertiary/aromatic N) is 1. The second-order valence-electron chi connectivity index (χ2n) is 4.33. The van der Waals surface area contributed by atoms with Gasteiger partial charge in [0, 0.05) is 24.9 Å². The van der Waals surface area contributed by atoms with E-state index in [9.17, 15) is 4.79 Å². The zero-order chi connectivity index (χ0) is 12.7. The van der Waals surface area contributed by atoms with Crippen molar-refractivity contribution in [1.29, 1.82) is 0 Å². The Kier molecular flexibility index (Phi) is 12.6. The van der Waals surface area contributed by atoms with Crippen LogP contribution in [0, 0.1) is 5.92 Å². The molecule has 0 aliphatic rings. The summed E-state index contributed by atoms with van der Waals surface area (Å²) in [5.41, 5.74) is 0.544. The third-order valence-electron chi connectivity index (χ3n) is 2.20. The summed E-state index contributed by atoms with van der Waals surface area (Å²) in [6, 6.07) is 0. The Morgan fingerprint density at radius 3 is 2.63 bits per heavy atom. The molecule has 19 heavy (non-hydrogen) atoms. The monoisotopic (exact) mass is 327 g/mol. The lowest BCUT2D eigenvalue weighted by Gasteiger charge is -2.03. The molecule has 0 bridgehead atoms. The second-order valence-corrected chi connectivity index (χ2v) is 5.28. The number of likely N-dealkylation sites (N-methyl/N-ethyl adjacent to an activating group) is 1. The van der Waals surface area contributed by atoms with E-state index in [4.69, 9.17) is 0 Å². The van der Waals surface area contributed by atoms with Crippen molar-refractivity contribution in [2.75, 3.05) is 19.6 Å². The molecule has 4 nitrogen and oxygen atoms in total. The molecule has 0 radical (unpaired) electrons. The van der Waals surface area contributed by atoms with Crippen molar-refractivity contribution in [2.45, 2.75) is 27.2 Å². The molecule has 0 aliphatic heterocycles. The van der Waals surface area contributed by atoms with Gasteiger partial charge in [-0.15, -0.1) is 36.2 Å². The SMILES string of the molecule is CCNCCNC(=O)c1csc(CC(C)C)n1.Cl.Cl. The predicted octanol–water partition coefficient (Wildman–Crippen LogP) is 2.52. The first-order chi connectivity index (χ1) is 8.13. The lowest BCUT2D eigenvalue weighted by atomic mass is 10.1. The van der Waals surface area contributed by atoms with Gasteiger partial charge in [0.2, 0.25) is 0 Å². The minimum Gasteiger partial charge on any atom is -0.349 e. The largest absolute Gasteiger partial charge is 0.349 e. The number of aromatic nitrogens is 1. The minimum atomic E-state index is -0.0749. The predicted molar refractivity (Wildman–Crippen MR) is 86.0 cm³/mol. The summed E-state index contributed by atoms with van der Waals surface area (Å²) in [7, 11) is 0. The van der Waals surface area contributed by atoms with E-state index in [-0.39, 0.29) is 30.7 Å². The minimum absolute atomic E-state index is 0. The van der Waals surface area contributed by atoms with E-state index < -0.39 is 0 Å². The summed E-state index contributed by atoms with van der Waals surface area (Å²) in [5.74, 6) is 0.500. The topological polar surface area (TPSA) is 54.0 Å². The van der Waals surface area contributed by atoms with Crippen molar-refractivity contribution >= 4 is 42.1 Å². The smallest absolute Gasteiger partial charge is 0.270 e. The zero-order valence-corrected chi connectivity index (χ0v) is 14.0. The highest BCUT2D eigenvalue weighted by Gasteiger charge is 2.10. The Labute approximate surface area is 131 Å². The number of carbonyl (C=O) groups is 1. The maximum Gasteiger partial charge on any atom is 0.270 e. The van der Waals surface area contributed by atoms with Crippen LogP contribution in [0.5, 0.6) is 0 Å². The van der Waals surface area contributed by atoms with Crippen molar-refractivity contribution in [1.82, 2.24) is 15.6 Å². The van der Waals surface area contributed by atoms with E-state index in [1.165, 1.54) is 0 Å². The van der Waals surface area contributed by atoms with Gasteiger partial charge in [-0.3, -0.25) is 4.79 Å². The third-order valence-corrected chi connectivity index (χ3v) is 3.08. The van der Waals surface area contributed by atoms with Crippen LogP contribution < -0.4 is 10.6 Å². The molecule has 1 aromatic rings. The summed E-state index contributed by atoms with van der Waals surface area (Å²) in [6.45, 7) is 8.70. The van der Waals surface area contributed by atoms with Crippen LogP contribution in [0.3, 0.4) is 0 Å². The highest BCUT2D eigenvalue weighted by Crippen LogP contribution is 2.13. The fourth-order valence-corrected chi connectivity index (χ4v) is 2.38. The molecule has 0 atom stereocenters. The Bertz CT molecular complexity index is 358. The number of thiazole rings is 1. The Morgan fingerprint density at radius 1 is 1.37 bits per heavy atom. The van der Waals surface area contributed by atoms with Gasteiger partial charge >= 0.3 is 0 Å². The molecule has 0 spiro atoms. The summed E-state index contributed by atoms with van der Waals surface area (Å²) < 4.78 is 0. The summed E-state index contributed by atoms with van der Waals surface area (Å²) in [5, 5.41) is 8.87. The average Bonchev–Trinajstić information content (AvgIpc) is 2.71. The number of halogens is 2. The quantitative estimate of drug-likeness (QED) is 0.756. The van der Waals surface area contributed by atoms with Crippen molar-refractivity contribution in [3.8, 4) is 0 Å². The van der Waals surface area contributed by atoms with Gasteiger partial charge < -0.3 is 10.6 Å². The number of hydrogen-bond acceptors (Lipinski definition) is 4. The van der Waals surface area contributed by atoms with Gasteiger partial charge in [0.15, 0.2) is 0 Å². The van der Waals surface area contributed by atoms with Gasteiger partial charge in [0.05, 0.1) is 5.01 Å². The van der Waals surface area contributed by atoms with Crippen molar-refractivity contribution in [3.05, 3.63) is 16.1 Å². The van der Waals surface area contributed by atoms with Gasteiger partial charge in [-0.2, -0.15) is 0 Å². The van der Waals surface area contributed by atoms with Crippen LogP contribution in [0.2, 0.25) is 0 Å². The van der Waals surface area contributed by atoms with Crippen LogP contribution in [0.25, 0.3) is 0 Å². The third kappa shape index (κ3) is 8.42. The summed E-state index contributed by atoms with van der Waals surface area (Å²) >= 11 is 1.56. The lowest BCUT2D eigenvalue weighted by Crippen LogP contribution is -2.31. The molecule has 0 saturated carbocycles. The number of carbonyl (C=O) groups excluding carboxylic acids is 1. The van der Waals surface area contributed by atoms with Gasteiger partial charge in [-0.1, -0.05) is 20.8 Å². The van der Waals surface area contributed by atoms with E-state index in [0.717, 1.165) is 24.5 Å². The molecule has 112 valence electrons. The van der Waals surface area contributed by atoms with Crippen LogP contribution in [0.4, 0.5) is 0 Å². The first-order valence-electron chi connectivity index (χ1n) is 6.06. The van der Waals surface area contributed by atoms with E-state index in [1.54, 1.807) is 11.3 Å². The van der Waals surface area contributed by atoms with E-state index >= 15 is 0 Å². The number of rotatable bonds is 7. The van der Waals surface area contributed by atoms with Crippen molar-refractivity contribution in [3.63, 3.8) is 0 Å². The number of amides is 1. The molecule has 0 unspecified atom stereocenters. The van der Waals surface area contributed by atoms with Gasteiger partial charge in [0.1, 0.15) is 5.69 Å². The highest BCUT2D eigenvalue weighted by atomic mass is 35.5. The first kappa shape index (κ1) is 20.9. The van der Waals surface area contributed by atoms with Gasteiger partial charge in [-0.05, 0) is 12.5 Å². The van der Waals surface area contributed by atoms with Crippen LogP contribution in [-0.4, -0.2) is 30.5 Å². The molecular formula is C12H23Cl2N3OS. The molecule has 0 fully saturated rings. The Morgan fingerprint density at radius 2 is 2.05 bits per heavy atom. The van der Waals surface area contributed by atoms with Crippen molar-refractivity contribution in [2.24, 2.45) is 5.92 Å². The van der Waals surface area contributed by atoms with E-state index in [0.29, 0.717) is 18.2 Å². The molecule has 7 heteroatoms. The molecule has 0 aromatic carbocycles. The number of nitrogens with one attached hydrogen (secondary N) is 2. The average molecular weight is 328 g/mol. The van der Waals surface area contributed by atoms with Gasteiger partial charge in [0.25, 0.3) is 5.91 Å². The van der Waals surface area contributed by atoms with E-state index in [2.05, 4.69) is 29.5 Å². The molecule has 2 N–H and O–H groups in total. The second kappa shape index (κ2) is 11.5. The maximum atomic E-state index is 11.7. The summed E-state index contributed by atoms with van der Waals surface area (Å²) in [4.78, 5) is 16.0. The molecular weight excluding hydrogens is 305 g/mol. The molecule has 0 aliphatic carbocycles. The molecule has 1 aromatic heterocycles. The Balaban J connectivity index is 0. The fraction of sp³-hybridized carbons (Fsp3) is 0.667. The first-order valence-corrected chi connectivity index (χ1v) is 6.94. The standard InChI is InChI=1S/C12H21N3OS.2ClH/c1-4-13-5-6-14-12(16)10-8-17-11(15-10)7-9(2)3;;/h8-9,13H,4-7H2,1-3H3,(H,14,16);2*1H. The van der Waals surface area contributed by atoms with Crippen LogP contribution in [-0.2, 0) is 6.42 Å². The zero-order valence-electron chi connectivity index (χ0n) is 11.6. The molecule has 1 heterocycles.